The second-order valence-corrected chi connectivity index (χ2v) is 5.29. The molecule has 1 aromatic heterocycles. The van der Waals surface area contributed by atoms with Crippen molar-refractivity contribution in [2.75, 3.05) is 7.11 Å². The van der Waals surface area contributed by atoms with Crippen LogP contribution in [0.4, 0.5) is 0 Å². The Morgan fingerprint density at radius 2 is 2.11 bits per heavy atom. The summed E-state index contributed by atoms with van der Waals surface area (Å²) in [5, 5.41) is 0. The van der Waals surface area contributed by atoms with E-state index in [0.717, 1.165) is 35.6 Å². The quantitative estimate of drug-likeness (QED) is 0.842. The van der Waals surface area contributed by atoms with Crippen molar-refractivity contribution >= 4 is 11.1 Å². The van der Waals surface area contributed by atoms with Gasteiger partial charge in [-0.1, -0.05) is 19.3 Å². The first-order valence-electron chi connectivity index (χ1n) is 6.98. The van der Waals surface area contributed by atoms with Crippen LogP contribution in [0.2, 0.25) is 0 Å². The zero-order chi connectivity index (χ0) is 13.2. The molecule has 0 radical (unpaired) electrons. The second kappa shape index (κ2) is 5.21. The van der Waals surface area contributed by atoms with Crippen LogP contribution >= 0.6 is 0 Å². The summed E-state index contributed by atoms with van der Waals surface area (Å²) in [6.45, 7) is 0. The fraction of sp³-hybridized carbons (Fsp3) is 0.533. The van der Waals surface area contributed by atoms with Gasteiger partial charge in [0.25, 0.3) is 0 Å². The van der Waals surface area contributed by atoms with Gasteiger partial charge in [0.1, 0.15) is 11.3 Å². The number of hydrogen-bond acceptors (Lipinski definition) is 4. The number of fused-ring (bicyclic) bond motifs is 1. The Labute approximate surface area is 112 Å². The smallest absolute Gasteiger partial charge is 0.200 e. The summed E-state index contributed by atoms with van der Waals surface area (Å²) in [5.41, 5.74) is 7.93. The highest BCUT2D eigenvalue weighted by molar-refractivity contribution is 5.74. The van der Waals surface area contributed by atoms with Crippen LogP contribution in [0.15, 0.2) is 22.6 Å². The predicted octanol–water partition coefficient (Wildman–Crippen LogP) is 3.21. The minimum absolute atomic E-state index is 0.164. The van der Waals surface area contributed by atoms with Gasteiger partial charge in [0.2, 0.25) is 0 Å². The fourth-order valence-electron chi connectivity index (χ4n) is 2.85. The van der Waals surface area contributed by atoms with E-state index in [1.54, 1.807) is 7.11 Å². The van der Waals surface area contributed by atoms with Crippen LogP contribution in [0.1, 0.15) is 43.9 Å². The lowest BCUT2D eigenvalue weighted by Crippen LogP contribution is -2.27. The lowest BCUT2D eigenvalue weighted by Gasteiger charge is -2.17. The molecular weight excluding hydrogens is 240 g/mol. The first-order chi connectivity index (χ1) is 9.28. The zero-order valence-corrected chi connectivity index (χ0v) is 11.3. The molecule has 2 aromatic rings. The normalized spacial score (nSPS) is 24.3. The number of benzene rings is 1. The number of hydrogen-bond donors (Lipinski definition) is 1. The molecule has 4 nitrogen and oxygen atoms in total. The maximum atomic E-state index is 6.26. The van der Waals surface area contributed by atoms with E-state index in [9.17, 15) is 0 Å². The van der Waals surface area contributed by atoms with Crippen molar-refractivity contribution in [1.29, 1.82) is 0 Å². The van der Waals surface area contributed by atoms with Gasteiger partial charge in [0.05, 0.1) is 13.0 Å². The van der Waals surface area contributed by atoms with Crippen molar-refractivity contribution in [3.05, 3.63) is 24.1 Å². The van der Waals surface area contributed by atoms with Gasteiger partial charge in [-0.2, -0.15) is 0 Å². The third kappa shape index (κ3) is 2.45. The highest BCUT2D eigenvalue weighted by atomic mass is 16.5. The van der Waals surface area contributed by atoms with E-state index >= 15 is 0 Å². The molecule has 0 saturated heterocycles. The Morgan fingerprint density at radius 1 is 1.26 bits per heavy atom. The number of oxazole rings is 1. The summed E-state index contributed by atoms with van der Waals surface area (Å²) in [5.74, 6) is 1.84. The molecule has 2 unspecified atom stereocenters. The number of aromatic nitrogens is 1. The van der Waals surface area contributed by atoms with E-state index in [2.05, 4.69) is 4.98 Å². The van der Waals surface area contributed by atoms with Crippen molar-refractivity contribution in [2.24, 2.45) is 5.73 Å². The lowest BCUT2D eigenvalue weighted by molar-refractivity contribution is 0.402. The van der Waals surface area contributed by atoms with Crippen molar-refractivity contribution < 1.29 is 9.15 Å². The van der Waals surface area contributed by atoms with Gasteiger partial charge in [-0.05, 0) is 25.0 Å². The van der Waals surface area contributed by atoms with E-state index in [-0.39, 0.29) is 12.0 Å². The molecule has 1 aliphatic rings. The number of nitrogens with two attached hydrogens (primary N) is 1. The monoisotopic (exact) mass is 260 g/mol. The molecule has 0 aliphatic heterocycles. The number of rotatable bonds is 2. The van der Waals surface area contributed by atoms with Crippen LogP contribution in [0.25, 0.3) is 11.1 Å². The summed E-state index contributed by atoms with van der Waals surface area (Å²) in [6, 6.07) is 5.87. The molecule has 1 fully saturated rings. The summed E-state index contributed by atoms with van der Waals surface area (Å²) in [6.07, 6.45) is 5.82. The number of methoxy groups -OCH3 is 1. The topological polar surface area (TPSA) is 61.3 Å². The van der Waals surface area contributed by atoms with Gasteiger partial charge in [0.15, 0.2) is 11.5 Å². The number of nitrogens with zero attached hydrogens (tertiary/aromatic N) is 1. The fourth-order valence-corrected chi connectivity index (χ4v) is 2.85. The molecule has 1 aliphatic carbocycles. The molecule has 1 saturated carbocycles. The van der Waals surface area contributed by atoms with E-state index in [1.165, 1.54) is 19.3 Å². The summed E-state index contributed by atoms with van der Waals surface area (Å²) < 4.78 is 11.1. The molecule has 1 heterocycles. The van der Waals surface area contributed by atoms with Crippen LogP contribution in [0.3, 0.4) is 0 Å². The molecule has 0 amide bonds. The Bertz CT molecular complexity index is 564. The van der Waals surface area contributed by atoms with Crippen molar-refractivity contribution in [1.82, 2.24) is 4.98 Å². The largest absolute Gasteiger partial charge is 0.497 e. The molecule has 2 N–H and O–H groups in total. The Balaban J connectivity index is 1.95. The van der Waals surface area contributed by atoms with E-state index in [0.29, 0.717) is 0 Å². The molecule has 19 heavy (non-hydrogen) atoms. The molecule has 102 valence electrons. The highest BCUT2D eigenvalue weighted by Crippen LogP contribution is 2.33. The lowest BCUT2D eigenvalue weighted by atomic mass is 9.95. The molecule has 0 spiro atoms. The van der Waals surface area contributed by atoms with Gasteiger partial charge in [0, 0.05) is 12.1 Å². The summed E-state index contributed by atoms with van der Waals surface area (Å²) >= 11 is 0. The van der Waals surface area contributed by atoms with Gasteiger partial charge in [-0.25, -0.2) is 4.98 Å². The van der Waals surface area contributed by atoms with E-state index < -0.39 is 0 Å². The molecule has 2 atom stereocenters. The number of ether oxygens (including phenoxy) is 1. The summed E-state index contributed by atoms with van der Waals surface area (Å²) in [4.78, 5) is 4.61. The first-order valence-corrected chi connectivity index (χ1v) is 6.98. The first kappa shape index (κ1) is 12.5. The van der Waals surface area contributed by atoms with Crippen LogP contribution in [-0.2, 0) is 0 Å². The molecular formula is C15H20N2O2. The SMILES string of the molecule is COc1ccc2oc(C3CCCCCC3N)nc2c1. The van der Waals surface area contributed by atoms with Gasteiger partial charge >= 0.3 is 0 Å². The third-order valence-electron chi connectivity index (χ3n) is 4.00. The third-order valence-corrected chi connectivity index (χ3v) is 4.00. The maximum absolute atomic E-state index is 6.26. The van der Waals surface area contributed by atoms with E-state index in [4.69, 9.17) is 14.9 Å². The Morgan fingerprint density at radius 3 is 2.95 bits per heavy atom. The van der Waals surface area contributed by atoms with Gasteiger partial charge < -0.3 is 14.9 Å². The van der Waals surface area contributed by atoms with E-state index in [1.807, 2.05) is 18.2 Å². The Hall–Kier alpha value is -1.55. The minimum Gasteiger partial charge on any atom is -0.497 e. The maximum Gasteiger partial charge on any atom is 0.200 e. The van der Waals surface area contributed by atoms with Gasteiger partial charge in [-0.15, -0.1) is 0 Å². The molecule has 4 heteroatoms. The van der Waals surface area contributed by atoms with Crippen LogP contribution < -0.4 is 10.5 Å². The highest BCUT2D eigenvalue weighted by Gasteiger charge is 2.26. The zero-order valence-electron chi connectivity index (χ0n) is 11.3. The standard InChI is InChI=1S/C15H20N2O2/c1-18-10-7-8-14-13(9-10)17-15(19-14)11-5-3-2-4-6-12(11)16/h7-9,11-12H,2-6,16H2,1H3. The minimum atomic E-state index is 0.164. The van der Waals surface area contributed by atoms with Crippen LogP contribution in [0.5, 0.6) is 5.75 Å². The predicted molar refractivity (Wildman–Crippen MR) is 74.4 cm³/mol. The van der Waals surface area contributed by atoms with Gasteiger partial charge in [-0.3, -0.25) is 0 Å². The molecule has 1 aromatic carbocycles. The summed E-state index contributed by atoms with van der Waals surface area (Å²) in [7, 11) is 1.66. The average molecular weight is 260 g/mol. The van der Waals surface area contributed by atoms with Crippen molar-refractivity contribution in [2.45, 2.75) is 44.1 Å². The van der Waals surface area contributed by atoms with Crippen LogP contribution in [-0.4, -0.2) is 18.1 Å². The molecule has 3 rings (SSSR count). The van der Waals surface area contributed by atoms with Crippen molar-refractivity contribution in [3.8, 4) is 5.75 Å². The second-order valence-electron chi connectivity index (χ2n) is 5.29. The Kier molecular flexibility index (Phi) is 3.42. The average Bonchev–Trinajstić information content (AvgIpc) is 2.72. The van der Waals surface area contributed by atoms with Crippen molar-refractivity contribution in [3.63, 3.8) is 0 Å². The molecule has 0 bridgehead atoms. The van der Waals surface area contributed by atoms with Crippen LogP contribution in [0, 0.1) is 0 Å².